The van der Waals surface area contributed by atoms with Gasteiger partial charge in [-0.15, -0.1) is 0 Å². The number of aliphatic imine (C=N–C) groups is 1. The van der Waals surface area contributed by atoms with Crippen LogP contribution in [0.1, 0.15) is 70.6 Å². The van der Waals surface area contributed by atoms with Gasteiger partial charge in [0.2, 0.25) is 0 Å². The van der Waals surface area contributed by atoms with E-state index in [1.165, 1.54) is 22.4 Å². The van der Waals surface area contributed by atoms with Gasteiger partial charge < -0.3 is 9.80 Å². The Morgan fingerprint density at radius 2 is 1.71 bits per heavy atom. The highest BCUT2D eigenvalue weighted by Gasteiger charge is 2.33. The van der Waals surface area contributed by atoms with Crippen LogP contribution >= 0.6 is 11.6 Å². The van der Waals surface area contributed by atoms with E-state index in [9.17, 15) is 4.79 Å². The van der Waals surface area contributed by atoms with Crippen molar-refractivity contribution >= 4 is 23.2 Å². The zero-order valence-corrected chi connectivity index (χ0v) is 21.3. The fourth-order valence-corrected chi connectivity index (χ4v) is 5.62. The maximum atomic E-state index is 13.5. The van der Waals surface area contributed by atoms with Gasteiger partial charge in [0.1, 0.15) is 0 Å². The molecule has 0 unspecified atom stereocenters. The zero-order valence-electron chi connectivity index (χ0n) is 20.5. The van der Waals surface area contributed by atoms with Crippen LogP contribution in [0.2, 0.25) is 5.02 Å². The number of benzene rings is 2. The Morgan fingerprint density at radius 3 is 2.47 bits per heavy atom. The number of halogens is 1. The van der Waals surface area contributed by atoms with Gasteiger partial charge in [0.05, 0.1) is 0 Å². The minimum Gasteiger partial charge on any atom is -0.337 e. The molecule has 34 heavy (non-hydrogen) atoms. The first kappa shape index (κ1) is 23.3. The SMILES string of the molecule is Cc1cc(C)c(C2=NC3=C(CCC2)CCN(C)CC3)cc1C(=O)N1CC(c2ccc(Cl)cc2)C1. The first-order chi connectivity index (χ1) is 16.4. The van der Waals surface area contributed by atoms with Crippen molar-refractivity contribution in [1.29, 1.82) is 0 Å². The average molecular weight is 476 g/mol. The van der Waals surface area contributed by atoms with E-state index in [1.807, 2.05) is 17.0 Å². The summed E-state index contributed by atoms with van der Waals surface area (Å²) in [6.07, 6.45) is 5.40. The van der Waals surface area contributed by atoms with Gasteiger partial charge in [-0.3, -0.25) is 9.79 Å². The predicted molar refractivity (Wildman–Crippen MR) is 140 cm³/mol. The van der Waals surface area contributed by atoms with Crippen molar-refractivity contribution in [3.8, 4) is 0 Å². The summed E-state index contributed by atoms with van der Waals surface area (Å²) in [5.74, 6) is 0.519. The summed E-state index contributed by atoms with van der Waals surface area (Å²) in [5.41, 5.74) is 9.46. The number of likely N-dealkylation sites (tertiary alicyclic amines) is 1. The molecular weight excluding hydrogens is 442 g/mol. The number of carbonyl (C=O) groups excluding carboxylic acids is 1. The molecule has 1 saturated heterocycles. The fourth-order valence-electron chi connectivity index (χ4n) is 5.50. The summed E-state index contributed by atoms with van der Waals surface area (Å²) in [4.78, 5) is 23.1. The minimum atomic E-state index is 0.134. The largest absolute Gasteiger partial charge is 0.337 e. The van der Waals surface area contributed by atoms with Gasteiger partial charge in [-0.2, -0.15) is 0 Å². The van der Waals surface area contributed by atoms with Crippen molar-refractivity contribution in [3.05, 3.63) is 80.5 Å². The quantitative estimate of drug-likeness (QED) is 0.533. The van der Waals surface area contributed by atoms with E-state index in [4.69, 9.17) is 16.6 Å². The molecule has 5 heteroatoms. The molecule has 1 amide bonds. The van der Waals surface area contributed by atoms with Gasteiger partial charge in [-0.25, -0.2) is 0 Å². The van der Waals surface area contributed by atoms with E-state index in [0.29, 0.717) is 5.92 Å². The van der Waals surface area contributed by atoms with E-state index in [0.717, 1.165) is 85.7 Å². The number of nitrogens with zero attached hydrogens (tertiary/aromatic N) is 3. The van der Waals surface area contributed by atoms with Gasteiger partial charge in [0.25, 0.3) is 5.91 Å². The molecule has 0 N–H and O–H groups in total. The van der Waals surface area contributed by atoms with Gasteiger partial charge in [-0.1, -0.05) is 29.8 Å². The maximum absolute atomic E-state index is 13.5. The van der Waals surface area contributed by atoms with E-state index in [-0.39, 0.29) is 5.91 Å². The number of carbonyl (C=O) groups is 1. The molecule has 3 aliphatic rings. The lowest BCUT2D eigenvalue weighted by Crippen LogP contribution is -2.48. The molecular formula is C29H34ClN3O. The molecule has 4 nitrogen and oxygen atoms in total. The summed E-state index contributed by atoms with van der Waals surface area (Å²) in [5, 5.41) is 0.749. The van der Waals surface area contributed by atoms with Gasteiger partial charge in [0, 0.05) is 60.5 Å². The van der Waals surface area contributed by atoms with Gasteiger partial charge in [0.15, 0.2) is 0 Å². The van der Waals surface area contributed by atoms with Crippen LogP contribution in [0.4, 0.5) is 0 Å². The lowest BCUT2D eigenvalue weighted by atomic mass is 9.89. The molecule has 0 aromatic heterocycles. The lowest BCUT2D eigenvalue weighted by molar-refractivity contribution is 0.0601. The predicted octanol–water partition coefficient (Wildman–Crippen LogP) is 6.15. The van der Waals surface area contributed by atoms with Crippen molar-refractivity contribution < 1.29 is 4.79 Å². The van der Waals surface area contributed by atoms with E-state index in [2.05, 4.69) is 50.1 Å². The first-order valence-electron chi connectivity index (χ1n) is 12.5. The Bertz CT molecular complexity index is 1160. The second-order valence-electron chi connectivity index (χ2n) is 10.2. The van der Waals surface area contributed by atoms with Gasteiger partial charge >= 0.3 is 0 Å². The molecule has 0 radical (unpaired) electrons. The highest BCUT2D eigenvalue weighted by Crippen LogP contribution is 2.32. The van der Waals surface area contributed by atoms with Crippen LogP contribution in [0.3, 0.4) is 0 Å². The van der Waals surface area contributed by atoms with E-state index in [1.54, 1.807) is 0 Å². The normalized spacial score (nSPS) is 19.8. The molecule has 0 saturated carbocycles. The molecule has 0 spiro atoms. The third-order valence-electron chi connectivity index (χ3n) is 7.72. The Hall–Kier alpha value is -2.43. The van der Waals surface area contributed by atoms with Crippen molar-refractivity contribution in [2.24, 2.45) is 4.99 Å². The first-order valence-corrected chi connectivity index (χ1v) is 12.9. The molecule has 3 aliphatic heterocycles. The molecule has 2 aromatic carbocycles. The lowest BCUT2D eigenvalue weighted by Gasteiger charge is -2.40. The maximum Gasteiger partial charge on any atom is 0.254 e. The minimum absolute atomic E-state index is 0.134. The molecule has 1 fully saturated rings. The molecule has 0 atom stereocenters. The number of amides is 1. The Labute approximate surface area is 208 Å². The van der Waals surface area contributed by atoms with Crippen molar-refractivity contribution in [3.63, 3.8) is 0 Å². The van der Waals surface area contributed by atoms with Crippen LogP contribution in [0.25, 0.3) is 0 Å². The zero-order chi connectivity index (χ0) is 23.8. The third-order valence-corrected chi connectivity index (χ3v) is 7.97. The van der Waals surface area contributed by atoms with Crippen LogP contribution in [-0.2, 0) is 0 Å². The van der Waals surface area contributed by atoms with Crippen LogP contribution in [0, 0.1) is 13.8 Å². The Morgan fingerprint density at radius 1 is 0.971 bits per heavy atom. The van der Waals surface area contributed by atoms with E-state index < -0.39 is 0 Å². The number of rotatable bonds is 3. The summed E-state index contributed by atoms with van der Waals surface area (Å²) >= 11 is 6.03. The molecule has 3 heterocycles. The number of hydrogen-bond donors (Lipinski definition) is 0. The van der Waals surface area contributed by atoms with E-state index >= 15 is 0 Å². The molecule has 5 rings (SSSR count). The Balaban J connectivity index is 1.38. The highest BCUT2D eigenvalue weighted by atomic mass is 35.5. The second-order valence-corrected chi connectivity index (χ2v) is 10.6. The summed E-state index contributed by atoms with van der Waals surface area (Å²) in [7, 11) is 2.20. The fraction of sp³-hybridized carbons (Fsp3) is 0.448. The third kappa shape index (κ3) is 4.71. The summed E-state index contributed by atoms with van der Waals surface area (Å²) in [6.45, 7) is 7.91. The van der Waals surface area contributed by atoms with Gasteiger partial charge in [-0.05, 0) is 92.6 Å². The van der Waals surface area contributed by atoms with Crippen molar-refractivity contribution in [2.45, 2.75) is 51.9 Å². The van der Waals surface area contributed by atoms with Crippen molar-refractivity contribution in [1.82, 2.24) is 9.80 Å². The number of aryl methyl sites for hydroxylation is 2. The smallest absolute Gasteiger partial charge is 0.254 e. The molecule has 0 bridgehead atoms. The van der Waals surface area contributed by atoms with Crippen LogP contribution in [-0.4, -0.2) is 54.6 Å². The Kier molecular flexibility index (Phi) is 6.63. The molecule has 2 aromatic rings. The molecule has 0 aliphatic carbocycles. The average Bonchev–Trinajstić information content (AvgIpc) is 3.08. The number of hydrogen-bond acceptors (Lipinski definition) is 3. The van der Waals surface area contributed by atoms with Crippen LogP contribution in [0.15, 0.2) is 52.7 Å². The van der Waals surface area contributed by atoms with Crippen LogP contribution < -0.4 is 0 Å². The summed E-state index contributed by atoms with van der Waals surface area (Å²) < 4.78 is 0. The molecule has 178 valence electrons. The van der Waals surface area contributed by atoms with Crippen LogP contribution in [0.5, 0.6) is 0 Å². The topological polar surface area (TPSA) is 35.9 Å². The standard InChI is InChI=1S/C29H34ClN3O/c1-19-15-20(2)26(29(34)33-17-23(18-33)21-7-9-24(30)10-8-21)16-25(19)28-6-4-5-22-11-13-32(3)14-12-27(22)31-28/h7-10,15-16,23H,4-6,11-14,17-18H2,1-3H3. The highest BCUT2D eigenvalue weighted by molar-refractivity contribution is 6.30. The second kappa shape index (κ2) is 9.67. The van der Waals surface area contributed by atoms with Crippen molar-refractivity contribution in [2.75, 3.05) is 33.2 Å². The monoisotopic (exact) mass is 475 g/mol. The summed E-state index contributed by atoms with van der Waals surface area (Å²) in [6, 6.07) is 12.3.